The predicted molar refractivity (Wildman–Crippen MR) is 47.2 cm³/mol. The van der Waals surface area contributed by atoms with E-state index in [4.69, 9.17) is 0 Å². The molecule has 2 saturated heterocycles. The summed E-state index contributed by atoms with van der Waals surface area (Å²) in [5.74, 6) is -2.46. The van der Waals surface area contributed by atoms with Gasteiger partial charge in [-0.05, 0) is 25.8 Å². The first-order valence-corrected chi connectivity index (χ1v) is 5.28. The molecule has 0 radical (unpaired) electrons. The SMILES string of the molecule is OC[C@]12CCCN1CC1(CC1(F)F)C2. The lowest BCUT2D eigenvalue weighted by Crippen LogP contribution is -2.41. The Kier molecular flexibility index (Phi) is 1.48. The summed E-state index contributed by atoms with van der Waals surface area (Å²) in [5, 5.41) is 9.37. The lowest BCUT2D eigenvalue weighted by molar-refractivity contribution is 0.0644. The zero-order valence-corrected chi connectivity index (χ0v) is 8.10. The minimum absolute atomic E-state index is 0.0399. The van der Waals surface area contributed by atoms with Crippen molar-refractivity contribution >= 4 is 0 Å². The average molecular weight is 203 g/mol. The summed E-state index contributed by atoms with van der Waals surface area (Å²) in [6.07, 6.45) is 2.48. The van der Waals surface area contributed by atoms with Gasteiger partial charge in [-0.15, -0.1) is 0 Å². The third-order valence-electron chi connectivity index (χ3n) is 4.41. The van der Waals surface area contributed by atoms with Gasteiger partial charge in [-0.1, -0.05) is 0 Å². The molecule has 0 aromatic rings. The Morgan fingerprint density at radius 1 is 1.29 bits per heavy atom. The Bertz CT molecular complexity index is 283. The highest BCUT2D eigenvalue weighted by Crippen LogP contribution is 2.69. The molecule has 1 spiro atoms. The summed E-state index contributed by atoms with van der Waals surface area (Å²) in [6, 6.07) is 0. The fourth-order valence-corrected chi connectivity index (χ4v) is 3.47. The van der Waals surface area contributed by atoms with Crippen LogP contribution in [0.25, 0.3) is 0 Å². The van der Waals surface area contributed by atoms with E-state index in [0.29, 0.717) is 13.0 Å². The van der Waals surface area contributed by atoms with Crippen LogP contribution in [0.2, 0.25) is 0 Å². The standard InChI is InChI=1S/C10H15F2NO/c11-10(12)5-8(10)4-9(7-14)2-1-3-13(9)6-8/h14H,1-7H2/t8?,9-/m1/s1. The maximum atomic E-state index is 13.2. The van der Waals surface area contributed by atoms with Crippen molar-refractivity contribution < 1.29 is 13.9 Å². The molecule has 1 unspecified atom stereocenters. The monoisotopic (exact) mass is 203 g/mol. The van der Waals surface area contributed by atoms with Gasteiger partial charge in [0.25, 0.3) is 5.92 Å². The van der Waals surface area contributed by atoms with Crippen molar-refractivity contribution in [2.75, 3.05) is 19.7 Å². The number of hydrogen-bond donors (Lipinski definition) is 1. The molecule has 0 amide bonds. The molecule has 2 atom stereocenters. The van der Waals surface area contributed by atoms with Crippen molar-refractivity contribution in [1.82, 2.24) is 4.90 Å². The number of nitrogens with zero attached hydrogens (tertiary/aromatic N) is 1. The first kappa shape index (κ1) is 9.04. The number of hydrogen-bond acceptors (Lipinski definition) is 2. The van der Waals surface area contributed by atoms with Crippen LogP contribution in [0.4, 0.5) is 8.78 Å². The van der Waals surface area contributed by atoms with Crippen molar-refractivity contribution in [2.24, 2.45) is 5.41 Å². The molecule has 0 bridgehead atoms. The van der Waals surface area contributed by atoms with E-state index in [-0.39, 0.29) is 18.6 Å². The summed E-state index contributed by atoms with van der Waals surface area (Å²) < 4.78 is 26.4. The van der Waals surface area contributed by atoms with Gasteiger partial charge < -0.3 is 5.11 Å². The van der Waals surface area contributed by atoms with Gasteiger partial charge in [0.05, 0.1) is 12.0 Å². The van der Waals surface area contributed by atoms with Crippen LogP contribution in [-0.2, 0) is 0 Å². The zero-order chi connectivity index (χ0) is 10.0. The van der Waals surface area contributed by atoms with E-state index in [0.717, 1.165) is 19.4 Å². The van der Waals surface area contributed by atoms with Gasteiger partial charge >= 0.3 is 0 Å². The number of aliphatic hydroxyl groups is 1. The Morgan fingerprint density at radius 2 is 2.00 bits per heavy atom. The molecule has 4 heteroatoms. The second kappa shape index (κ2) is 2.30. The van der Waals surface area contributed by atoms with E-state index >= 15 is 0 Å². The lowest BCUT2D eigenvalue weighted by Gasteiger charge is -2.29. The zero-order valence-electron chi connectivity index (χ0n) is 8.10. The summed E-state index contributed by atoms with van der Waals surface area (Å²) in [5.41, 5.74) is -1.06. The van der Waals surface area contributed by atoms with Crippen molar-refractivity contribution in [2.45, 2.75) is 37.1 Å². The van der Waals surface area contributed by atoms with E-state index in [1.807, 2.05) is 0 Å². The number of halogens is 2. The number of rotatable bonds is 1. The van der Waals surface area contributed by atoms with Crippen LogP contribution in [0.3, 0.4) is 0 Å². The van der Waals surface area contributed by atoms with Gasteiger partial charge in [-0.25, -0.2) is 8.78 Å². The minimum Gasteiger partial charge on any atom is -0.394 e. The Balaban J connectivity index is 1.87. The van der Waals surface area contributed by atoms with Gasteiger partial charge in [0.2, 0.25) is 0 Å². The topological polar surface area (TPSA) is 23.5 Å². The van der Waals surface area contributed by atoms with E-state index in [2.05, 4.69) is 4.90 Å². The predicted octanol–water partition coefficient (Wildman–Crippen LogP) is 1.24. The van der Waals surface area contributed by atoms with Crippen molar-refractivity contribution in [3.05, 3.63) is 0 Å². The fraction of sp³-hybridized carbons (Fsp3) is 1.00. The summed E-state index contributed by atoms with van der Waals surface area (Å²) in [7, 11) is 0. The van der Waals surface area contributed by atoms with Gasteiger partial charge in [0.1, 0.15) is 0 Å². The van der Waals surface area contributed by atoms with Crippen LogP contribution in [0.5, 0.6) is 0 Å². The normalized spacial score (nSPS) is 49.9. The van der Waals surface area contributed by atoms with Crippen molar-refractivity contribution in [3.8, 4) is 0 Å². The highest BCUT2D eigenvalue weighted by molar-refractivity contribution is 5.21. The molecule has 3 fully saturated rings. The molecule has 0 aromatic carbocycles. The third-order valence-corrected chi connectivity index (χ3v) is 4.41. The summed E-state index contributed by atoms with van der Waals surface area (Å²) >= 11 is 0. The van der Waals surface area contributed by atoms with E-state index in [1.165, 1.54) is 0 Å². The first-order chi connectivity index (χ1) is 6.54. The quantitative estimate of drug-likeness (QED) is 0.693. The number of aliphatic hydroxyl groups excluding tert-OH is 1. The van der Waals surface area contributed by atoms with Crippen LogP contribution in [-0.4, -0.2) is 41.2 Å². The van der Waals surface area contributed by atoms with Crippen molar-refractivity contribution in [1.29, 1.82) is 0 Å². The smallest absolute Gasteiger partial charge is 0.255 e. The number of fused-ring (bicyclic) bond motifs is 1. The van der Waals surface area contributed by atoms with Crippen LogP contribution < -0.4 is 0 Å². The Labute approximate surface area is 81.9 Å². The Morgan fingerprint density at radius 3 is 2.50 bits per heavy atom. The molecule has 2 nitrogen and oxygen atoms in total. The van der Waals surface area contributed by atoms with Gasteiger partial charge in [0, 0.05) is 18.5 Å². The van der Waals surface area contributed by atoms with Gasteiger partial charge in [-0.2, -0.15) is 0 Å². The first-order valence-electron chi connectivity index (χ1n) is 5.28. The average Bonchev–Trinajstić information content (AvgIpc) is 2.47. The molecule has 2 aliphatic heterocycles. The molecule has 1 saturated carbocycles. The number of alkyl halides is 2. The molecule has 2 heterocycles. The molecule has 1 N–H and O–H groups in total. The van der Waals surface area contributed by atoms with Crippen LogP contribution in [0.1, 0.15) is 25.7 Å². The maximum absolute atomic E-state index is 13.2. The van der Waals surface area contributed by atoms with Crippen molar-refractivity contribution in [3.63, 3.8) is 0 Å². The van der Waals surface area contributed by atoms with Crippen LogP contribution in [0.15, 0.2) is 0 Å². The second-order valence-corrected chi connectivity index (χ2v) is 5.25. The Hall–Kier alpha value is -0.220. The van der Waals surface area contributed by atoms with E-state index in [1.54, 1.807) is 0 Å². The van der Waals surface area contributed by atoms with Crippen LogP contribution >= 0.6 is 0 Å². The second-order valence-electron chi connectivity index (χ2n) is 5.25. The van der Waals surface area contributed by atoms with E-state index in [9.17, 15) is 13.9 Å². The van der Waals surface area contributed by atoms with Gasteiger partial charge in [0.15, 0.2) is 0 Å². The molecule has 1 aliphatic carbocycles. The molecular weight excluding hydrogens is 188 g/mol. The fourth-order valence-electron chi connectivity index (χ4n) is 3.47. The molecular formula is C10H15F2NO. The summed E-state index contributed by atoms with van der Waals surface area (Å²) in [4.78, 5) is 2.09. The van der Waals surface area contributed by atoms with E-state index < -0.39 is 11.3 Å². The largest absolute Gasteiger partial charge is 0.394 e. The molecule has 14 heavy (non-hydrogen) atoms. The van der Waals surface area contributed by atoms with Gasteiger partial charge in [-0.3, -0.25) is 4.90 Å². The third kappa shape index (κ3) is 0.865. The van der Waals surface area contributed by atoms with Crippen LogP contribution in [0, 0.1) is 5.41 Å². The maximum Gasteiger partial charge on any atom is 0.255 e. The molecule has 0 aromatic heterocycles. The minimum atomic E-state index is -2.46. The summed E-state index contributed by atoms with van der Waals surface area (Å²) in [6.45, 7) is 1.43. The highest BCUT2D eigenvalue weighted by atomic mass is 19.3. The molecule has 3 rings (SSSR count). The highest BCUT2D eigenvalue weighted by Gasteiger charge is 2.76. The molecule has 80 valence electrons. The molecule has 3 aliphatic rings. The lowest BCUT2D eigenvalue weighted by atomic mass is 9.89.